The van der Waals surface area contributed by atoms with Crippen LogP contribution in [0.1, 0.15) is 23.9 Å². The van der Waals surface area contributed by atoms with Crippen molar-refractivity contribution in [2.24, 2.45) is 5.73 Å². The highest BCUT2D eigenvalue weighted by Crippen LogP contribution is 2.25. The summed E-state index contributed by atoms with van der Waals surface area (Å²) >= 11 is 5.99. The number of ether oxygens (including phenoxy) is 1. The number of nitrogens with two attached hydrogens (primary N) is 1. The lowest BCUT2D eigenvalue weighted by Crippen LogP contribution is -2.18. The van der Waals surface area contributed by atoms with Crippen LogP contribution in [0, 0.1) is 6.92 Å². The van der Waals surface area contributed by atoms with E-state index in [0.717, 1.165) is 17.0 Å². The Morgan fingerprint density at radius 2 is 2.21 bits per heavy atom. The van der Waals surface area contributed by atoms with E-state index in [1.807, 2.05) is 26.0 Å². The van der Waals surface area contributed by atoms with Crippen LogP contribution in [0.2, 0.25) is 5.02 Å². The predicted octanol–water partition coefficient (Wildman–Crippen LogP) is 2.50. The first kappa shape index (κ1) is 13.8. The summed E-state index contributed by atoms with van der Waals surface area (Å²) in [5.74, 6) is 0.754. The van der Waals surface area contributed by atoms with E-state index in [0.29, 0.717) is 23.7 Å². The number of hydrogen-bond acceptors (Lipinski definition) is 5. The monoisotopic (exact) mass is 281 g/mol. The van der Waals surface area contributed by atoms with Gasteiger partial charge in [-0.3, -0.25) is 0 Å². The first-order chi connectivity index (χ1) is 9.06. The number of benzene rings is 1. The summed E-state index contributed by atoms with van der Waals surface area (Å²) in [4.78, 5) is 0. The van der Waals surface area contributed by atoms with Crippen molar-refractivity contribution in [3.05, 3.63) is 40.2 Å². The maximum Gasteiger partial charge on any atom is 0.145 e. The van der Waals surface area contributed by atoms with Gasteiger partial charge in [-0.05, 0) is 44.0 Å². The van der Waals surface area contributed by atoms with Gasteiger partial charge in [0.25, 0.3) is 0 Å². The highest BCUT2D eigenvalue weighted by Gasteiger charge is 2.10. The maximum atomic E-state index is 5.99. The molecule has 0 radical (unpaired) electrons. The van der Waals surface area contributed by atoms with E-state index in [1.165, 1.54) is 0 Å². The lowest BCUT2D eigenvalue weighted by molar-refractivity contribution is 0.268. The van der Waals surface area contributed by atoms with Crippen LogP contribution in [-0.4, -0.2) is 16.4 Å². The van der Waals surface area contributed by atoms with Crippen LogP contribution >= 0.6 is 11.6 Å². The molecular weight excluding hydrogens is 266 g/mol. The molecule has 0 spiro atoms. The van der Waals surface area contributed by atoms with Crippen molar-refractivity contribution in [3.8, 4) is 5.75 Å². The Morgan fingerprint density at radius 1 is 1.42 bits per heavy atom. The molecule has 1 aromatic carbocycles. The summed E-state index contributed by atoms with van der Waals surface area (Å²) in [6.07, 6.45) is 0.700. The van der Waals surface area contributed by atoms with Crippen molar-refractivity contribution in [2.75, 3.05) is 0 Å². The third-order valence-corrected chi connectivity index (χ3v) is 2.91. The zero-order chi connectivity index (χ0) is 13.8. The molecular formula is C13H16ClN3O2. The minimum Gasteiger partial charge on any atom is -0.487 e. The Morgan fingerprint density at radius 3 is 2.84 bits per heavy atom. The molecule has 19 heavy (non-hydrogen) atoms. The molecule has 102 valence electrons. The van der Waals surface area contributed by atoms with Crippen LogP contribution < -0.4 is 10.5 Å². The van der Waals surface area contributed by atoms with E-state index in [9.17, 15) is 0 Å². The number of aryl methyl sites for hydroxylation is 1. The zero-order valence-electron chi connectivity index (χ0n) is 10.9. The van der Waals surface area contributed by atoms with E-state index in [4.69, 9.17) is 22.1 Å². The molecule has 6 heteroatoms. The van der Waals surface area contributed by atoms with Gasteiger partial charge in [0.15, 0.2) is 0 Å². The molecule has 2 N–H and O–H groups in total. The van der Waals surface area contributed by atoms with Crippen LogP contribution in [0.4, 0.5) is 0 Å². The second kappa shape index (κ2) is 6.04. The smallest absolute Gasteiger partial charge is 0.145 e. The minimum atomic E-state index is 0.0382. The Labute approximate surface area is 116 Å². The standard InChI is InChI=1S/C13H16ClN3O2/c1-8(15)5-10-6-11(14)3-4-13(10)18-7-12-9(2)16-19-17-12/h3-4,6,8H,5,7,15H2,1-2H3. The highest BCUT2D eigenvalue weighted by atomic mass is 35.5. The molecule has 0 fully saturated rings. The molecule has 1 aromatic heterocycles. The Kier molecular flexibility index (Phi) is 4.39. The molecule has 2 rings (SSSR count). The molecule has 0 saturated heterocycles. The van der Waals surface area contributed by atoms with Gasteiger partial charge in [0, 0.05) is 11.1 Å². The normalized spacial score (nSPS) is 12.4. The van der Waals surface area contributed by atoms with E-state index in [2.05, 4.69) is 14.9 Å². The summed E-state index contributed by atoms with van der Waals surface area (Å²) < 4.78 is 10.4. The first-order valence-electron chi connectivity index (χ1n) is 6.01. The molecule has 0 aliphatic carbocycles. The number of aromatic nitrogens is 2. The molecule has 1 heterocycles. The van der Waals surface area contributed by atoms with Gasteiger partial charge in [0.05, 0.1) is 0 Å². The molecule has 0 aliphatic heterocycles. The van der Waals surface area contributed by atoms with E-state index in [-0.39, 0.29) is 6.04 Å². The van der Waals surface area contributed by atoms with Crippen LogP contribution in [-0.2, 0) is 13.0 Å². The quantitative estimate of drug-likeness (QED) is 0.911. The van der Waals surface area contributed by atoms with Gasteiger partial charge in [-0.15, -0.1) is 0 Å². The van der Waals surface area contributed by atoms with Crippen LogP contribution in [0.25, 0.3) is 0 Å². The molecule has 5 nitrogen and oxygen atoms in total. The maximum absolute atomic E-state index is 5.99. The zero-order valence-corrected chi connectivity index (χ0v) is 11.6. The highest BCUT2D eigenvalue weighted by molar-refractivity contribution is 6.30. The predicted molar refractivity (Wildman–Crippen MR) is 72.2 cm³/mol. The van der Waals surface area contributed by atoms with Crippen molar-refractivity contribution in [2.45, 2.75) is 32.9 Å². The Balaban J connectivity index is 2.13. The third kappa shape index (κ3) is 3.68. The number of nitrogens with zero attached hydrogens (tertiary/aromatic N) is 2. The summed E-state index contributed by atoms with van der Waals surface area (Å²) in [7, 11) is 0. The summed E-state index contributed by atoms with van der Waals surface area (Å²) in [6.45, 7) is 4.07. The molecule has 1 unspecified atom stereocenters. The van der Waals surface area contributed by atoms with Crippen molar-refractivity contribution in [1.82, 2.24) is 10.3 Å². The fourth-order valence-corrected chi connectivity index (χ4v) is 1.92. The summed E-state index contributed by atoms with van der Waals surface area (Å²) in [5.41, 5.74) is 8.21. The van der Waals surface area contributed by atoms with Gasteiger partial charge in [-0.1, -0.05) is 21.9 Å². The second-order valence-electron chi connectivity index (χ2n) is 4.52. The Bertz CT molecular complexity index is 555. The average Bonchev–Trinajstić information content (AvgIpc) is 2.73. The van der Waals surface area contributed by atoms with Crippen LogP contribution in [0.3, 0.4) is 0 Å². The third-order valence-electron chi connectivity index (χ3n) is 2.68. The van der Waals surface area contributed by atoms with E-state index in [1.54, 1.807) is 6.07 Å². The van der Waals surface area contributed by atoms with Gasteiger partial charge in [0.1, 0.15) is 23.7 Å². The number of halogens is 1. The lowest BCUT2D eigenvalue weighted by atomic mass is 10.1. The second-order valence-corrected chi connectivity index (χ2v) is 4.95. The van der Waals surface area contributed by atoms with Crippen molar-refractivity contribution in [3.63, 3.8) is 0 Å². The summed E-state index contributed by atoms with van der Waals surface area (Å²) in [6, 6.07) is 5.53. The minimum absolute atomic E-state index is 0.0382. The van der Waals surface area contributed by atoms with Gasteiger partial charge in [-0.2, -0.15) is 0 Å². The average molecular weight is 282 g/mol. The first-order valence-corrected chi connectivity index (χ1v) is 6.39. The molecule has 0 bridgehead atoms. The number of hydrogen-bond donors (Lipinski definition) is 1. The van der Waals surface area contributed by atoms with Crippen molar-refractivity contribution < 1.29 is 9.37 Å². The van der Waals surface area contributed by atoms with Gasteiger partial charge >= 0.3 is 0 Å². The molecule has 0 amide bonds. The van der Waals surface area contributed by atoms with E-state index < -0.39 is 0 Å². The van der Waals surface area contributed by atoms with Gasteiger partial charge < -0.3 is 10.5 Å². The van der Waals surface area contributed by atoms with Gasteiger partial charge in [-0.25, -0.2) is 4.63 Å². The molecule has 0 saturated carbocycles. The van der Waals surface area contributed by atoms with Gasteiger partial charge in [0.2, 0.25) is 0 Å². The molecule has 1 atom stereocenters. The topological polar surface area (TPSA) is 74.2 Å². The van der Waals surface area contributed by atoms with E-state index >= 15 is 0 Å². The van der Waals surface area contributed by atoms with Crippen molar-refractivity contribution >= 4 is 11.6 Å². The SMILES string of the molecule is Cc1nonc1COc1ccc(Cl)cc1CC(C)N. The largest absolute Gasteiger partial charge is 0.487 e. The molecule has 0 aliphatic rings. The van der Waals surface area contributed by atoms with Crippen molar-refractivity contribution in [1.29, 1.82) is 0 Å². The van der Waals surface area contributed by atoms with Crippen LogP contribution in [0.15, 0.2) is 22.8 Å². The lowest BCUT2D eigenvalue weighted by Gasteiger charge is -2.12. The fraction of sp³-hybridized carbons (Fsp3) is 0.385. The van der Waals surface area contributed by atoms with Crippen LogP contribution in [0.5, 0.6) is 5.75 Å². The fourth-order valence-electron chi connectivity index (χ4n) is 1.72. The molecule has 2 aromatic rings. The number of rotatable bonds is 5. The summed E-state index contributed by atoms with van der Waals surface area (Å²) in [5, 5.41) is 8.15. The Hall–Kier alpha value is -1.59.